The molecule has 1 aromatic carbocycles. The summed E-state index contributed by atoms with van der Waals surface area (Å²) >= 11 is 0. The third kappa shape index (κ3) is 2.72. The normalized spacial score (nSPS) is 24.2. The number of aliphatic hydroxyl groups excluding tert-OH is 2. The van der Waals surface area contributed by atoms with Gasteiger partial charge in [0.15, 0.2) is 0 Å². The number of nitrogens with zero attached hydrogens (tertiary/aromatic N) is 3. The molecule has 138 valence electrons. The molecule has 0 saturated carbocycles. The van der Waals surface area contributed by atoms with Gasteiger partial charge in [0, 0.05) is 24.4 Å². The van der Waals surface area contributed by atoms with Crippen LogP contribution >= 0.6 is 0 Å². The fourth-order valence-electron chi connectivity index (χ4n) is 4.31. The van der Waals surface area contributed by atoms with Crippen molar-refractivity contribution in [2.75, 3.05) is 11.9 Å². The Morgan fingerprint density at radius 3 is 2.93 bits per heavy atom. The maximum absolute atomic E-state index is 10.1. The molecule has 0 saturated heterocycles. The zero-order valence-corrected chi connectivity index (χ0v) is 14.9. The van der Waals surface area contributed by atoms with Crippen LogP contribution in [-0.2, 0) is 6.42 Å². The Bertz CT molecular complexity index is 1030. The van der Waals surface area contributed by atoms with E-state index in [1.165, 1.54) is 11.1 Å². The van der Waals surface area contributed by atoms with Gasteiger partial charge in [-0.2, -0.15) is 0 Å². The predicted octanol–water partition coefficient (Wildman–Crippen LogP) is 2.74. The molecular formula is C21H22N4O2. The lowest BCUT2D eigenvalue weighted by molar-refractivity contribution is 0.112. The first-order valence-corrected chi connectivity index (χ1v) is 9.41. The monoisotopic (exact) mass is 362 g/mol. The van der Waals surface area contributed by atoms with E-state index in [0.29, 0.717) is 6.42 Å². The number of hydrogen-bond acceptors (Lipinski definition) is 5. The lowest BCUT2D eigenvalue weighted by Gasteiger charge is -2.15. The van der Waals surface area contributed by atoms with E-state index in [1.54, 1.807) is 6.33 Å². The quantitative estimate of drug-likeness (QED) is 0.665. The van der Waals surface area contributed by atoms with Gasteiger partial charge in [-0.05, 0) is 42.5 Å². The molecule has 3 N–H and O–H groups in total. The standard InChI is InChI=1S/C21H22N4O2/c26-11-14-9-15(10-19(14)27)25-8-7-17-20(22-12-23-21(17)25)24-18-6-5-13-3-1-2-4-16(13)18/h1-4,7-8,10,12,14,18-19,26-27H,5-6,9,11H2,(H,22,23,24)/t14-,18-,19-/m0/s1. The van der Waals surface area contributed by atoms with Crippen LogP contribution in [0.5, 0.6) is 0 Å². The third-order valence-corrected chi connectivity index (χ3v) is 5.79. The number of benzene rings is 1. The highest BCUT2D eigenvalue weighted by atomic mass is 16.3. The lowest BCUT2D eigenvalue weighted by atomic mass is 10.1. The average molecular weight is 362 g/mol. The van der Waals surface area contributed by atoms with Crippen molar-refractivity contribution in [3.8, 4) is 0 Å². The molecule has 0 radical (unpaired) electrons. The van der Waals surface area contributed by atoms with Crippen molar-refractivity contribution < 1.29 is 10.2 Å². The molecule has 6 heteroatoms. The fraction of sp³-hybridized carbons (Fsp3) is 0.333. The highest BCUT2D eigenvalue weighted by Gasteiger charge is 2.27. The van der Waals surface area contributed by atoms with Crippen molar-refractivity contribution in [1.29, 1.82) is 0 Å². The van der Waals surface area contributed by atoms with Crippen LogP contribution in [0.2, 0.25) is 0 Å². The summed E-state index contributed by atoms with van der Waals surface area (Å²) in [6.07, 6.45) is 7.50. The number of fused-ring (bicyclic) bond motifs is 2. The average Bonchev–Trinajstić information content (AvgIpc) is 3.39. The van der Waals surface area contributed by atoms with Gasteiger partial charge in [0.25, 0.3) is 0 Å². The van der Waals surface area contributed by atoms with Crippen molar-refractivity contribution in [2.24, 2.45) is 5.92 Å². The number of aliphatic hydroxyl groups is 2. The molecule has 0 aliphatic heterocycles. The van der Waals surface area contributed by atoms with Crippen molar-refractivity contribution in [3.63, 3.8) is 0 Å². The molecular weight excluding hydrogens is 340 g/mol. The second-order valence-electron chi connectivity index (χ2n) is 7.38. The summed E-state index contributed by atoms with van der Waals surface area (Å²) in [5.74, 6) is 0.685. The van der Waals surface area contributed by atoms with Gasteiger partial charge in [-0.25, -0.2) is 9.97 Å². The summed E-state index contributed by atoms with van der Waals surface area (Å²) < 4.78 is 1.99. The maximum Gasteiger partial charge on any atom is 0.149 e. The van der Waals surface area contributed by atoms with Gasteiger partial charge in [-0.1, -0.05) is 24.3 Å². The molecule has 0 bridgehead atoms. The van der Waals surface area contributed by atoms with Gasteiger partial charge in [-0.15, -0.1) is 0 Å². The largest absolute Gasteiger partial charge is 0.396 e. The third-order valence-electron chi connectivity index (χ3n) is 5.79. The molecule has 2 aromatic heterocycles. The summed E-state index contributed by atoms with van der Waals surface area (Å²) in [6, 6.07) is 10.8. The Kier molecular flexibility index (Phi) is 3.95. The van der Waals surface area contributed by atoms with E-state index < -0.39 is 6.10 Å². The molecule has 27 heavy (non-hydrogen) atoms. The first-order valence-electron chi connectivity index (χ1n) is 9.41. The zero-order chi connectivity index (χ0) is 18.4. The molecule has 2 heterocycles. The second kappa shape index (κ2) is 6.48. The highest BCUT2D eigenvalue weighted by molar-refractivity contribution is 5.89. The summed E-state index contributed by atoms with van der Waals surface area (Å²) in [5, 5.41) is 24.0. The van der Waals surface area contributed by atoms with Crippen LogP contribution in [0.15, 0.2) is 48.9 Å². The van der Waals surface area contributed by atoms with Crippen LogP contribution < -0.4 is 5.32 Å². The first kappa shape index (κ1) is 16.5. The van der Waals surface area contributed by atoms with Crippen molar-refractivity contribution in [2.45, 2.75) is 31.4 Å². The zero-order valence-electron chi connectivity index (χ0n) is 14.9. The first-order chi connectivity index (χ1) is 13.2. The van der Waals surface area contributed by atoms with E-state index in [2.05, 4.69) is 39.6 Å². The van der Waals surface area contributed by atoms with Crippen LogP contribution in [0.3, 0.4) is 0 Å². The molecule has 3 atom stereocenters. The maximum atomic E-state index is 10.1. The summed E-state index contributed by atoms with van der Waals surface area (Å²) in [4.78, 5) is 8.95. The molecule has 2 aliphatic carbocycles. The number of allylic oxidation sites excluding steroid dienone is 1. The molecule has 6 nitrogen and oxygen atoms in total. The molecule has 2 aliphatic rings. The minimum absolute atomic E-state index is 0.0246. The Morgan fingerprint density at radius 1 is 1.19 bits per heavy atom. The van der Waals surface area contributed by atoms with Gasteiger partial charge in [0.05, 0.1) is 17.5 Å². The fourth-order valence-corrected chi connectivity index (χ4v) is 4.31. The molecule has 5 rings (SSSR count). The van der Waals surface area contributed by atoms with Crippen molar-refractivity contribution in [3.05, 3.63) is 60.1 Å². The number of nitrogens with one attached hydrogen (secondary N) is 1. The minimum Gasteiger partial charge on any atom is -0.396 e. The van der Waals surface area contributed by atoms with E-state index >= 15 is 0 Å². The van der Waals surface area contributed by atoms with Crippen LogP contribution in [0.1, 0.15) is 30.0 Å². The molecule has 3 aromatic rings. The Balaban J connectivity index is 1.48. The van der Waals surface area contributed by atoms with Crippen molar-refractivity contribution >= 4 is 22.5 Å². The Labute approximate surface area is 157 Å². The van der Waals surface area contributed by atoms with E-state index in [4.69, 9.17) is 0 Å². The van der Waals surface area contributed by atoms with Gasteiger partial charge in [-0.3, -0.25) is 0 Å². The molecule has 0 fully saturated rings. The number of aromatic nitrogens is 3. The Morgan fingerprint density at radius 2 is 2.07 bits per heavy atom. The van der Waals surface area contributed by atoms with Gasteiger partial charge in [0.2, 0.25) is 0 Å². The number of aryl methyl sites for hydroxylation is 1. The van der Waals surface area contributed by atoms with Gasteiger partial charge in [0.1, 0.15) is 17.8 Å². The van der Waals surface area contributed by atoms with Crippen LogP contribution in [0, 0.1) is 5.92 Å². The number of hydrogen-bond donors (Lipinski definition) is 3. The summed E-state index contributed by atoms with van der Waals surface area (Å²) in [6.45, 7) is -0.0246. The summed E-state index contributed by atoms with van der Waals surface area (Å²) in [7, 11) is 0. The SMILES string of the molecule is OC[C@@H]1CC(n2ccc3c(N[C@H]4CCc5ccccc54)ncnc32)=C[C@@H]1O. The van der Waals surface area contributed by atoms with E-state index in [0.717, 1.165) is 35.4 Å². The van der Waals surface area contributed by atoms with Crippen LogP contribution in [-0.4, -0.2) is 37.5 Å². The van der Waals surface area contributed by atoms with Gasteiger partial charge >= 0.3 is 0 Å². The second-order valence-corrected chi connectivity index (χ2v) is 7.38. The Hall–Kier alpha value is -2.70. The van der Waals surface area contributed by atoms with E-state index in [-0.39, 0.29) is 18.6 Å². The van der Waals surface area contributed by atoms with E-state index in [9.17, 15) is 10.2 Å². The molecule has 0 amide bonds. The number of anilines is 1. The predicted molar refractivity (Wildman–Crippen MR) is 104 cm³/mol. The molecule has 0 spiro atoms. The number of rotatable bonds is 4. The highest BCUT2D eigenvalue weighted by Crippen LogP contribution is 2.36. The lowest BCUT2D eigenvalue weighted by Crippen LogP contribution is -2.16. The van der Waals surface area contributed by atoms with Gasteiger partial charge < -0.3 is 20.1 Å². The summed E-state index contributed by atoms with van der Waals surface area (Å²) in [5.41, 5.74) is 4.53. The van der Waals surface area contributed by atoms with Crippen LogP contribution in [0.4, 0.5) is 5.82 Å². The minimum atomic E-state index is -0.614. The van der Waals surface area contributed by atoms with Crippen LogP contribution in [0.25, 0.3) is 16.7 Å². The van der Waals surface area contributed by atoms with Crippen molar-refractivity contribution in [1.82, 2.24) is 14.5 Å². The topological polar surface area (TPSA) is 83.2 Å². The van der Waals surface area contributed by atoms with E-state index in [1.807, 2.05) is 22.9 Å². The molecule has 0 unspecified atom stereocenters. The smallest absolute Gasteiger partial charge is 0.149 e.